The summed E-state index contributed by atoms with van der Waals surface area (Å²) in [7, 11) is 0. The number of ether oxygens (including phenoxy) is 2. The lowest BCUT2D eigenvalue weighted by Crippen LogP contribution is -2.48. The number of hydrogen-bond acceptors (Lipinski definition) is 3. The summed E-state index contributed by atoms with van der Waals surface area (Å²) < 4.78 is 11.3. The Morgan fingerprint density at radius 2 is 1.87 bits per heavy atom. The molecule has 4 rings (SSSR count). The second kappa shape index (κ2) is 9.32. The van der Waals surface area contributed by atoms with Gasteiger partial charge in [-0.1, -0.05) is 48.0 Å². The third-order valence-corrected chi connectivity index (χ3v) is 6.66. The second-order valence-corrected chi connectivity index (χ2v) is 8.89. The molecule has 2 fully saturated rings. The summed E-state index contributed by atoms with van der Waals surface area (Å²) in [5.41, 5.74) is 5.82. The number of benzene rings is 2. The average molecular weight is 408 g/mol. The van der Waals surface area contributed by atoms with Crippen LogP contribution < -0.4 is 5.32 Å². The van der Waals surface area contributed by atoms with Gasteiger partial charge in [-0.25, -0.2) is 0 Å². The van der Waals surface area contributed by atoms with Crippen molar-refractivity contribution < 1.29 is 14.3 Å². The van der Waals surface area contributed by atoms with E-state index in [1.54, 1.807) is 0 Å². The van der Waals surface area contributed by atoms with E-state index < -0.39 is 5.41 Å². The van der Waals surface area contributed by atoms with Crippen molar-refractivity contribution in [1.82, 2.24) is 5.32 Å². The lowest BCUT2D eigenvalue weighted by Gasteiger charge is -2.36. The minimum atomic E-state index is -0.425. The van der Waals surface area contributed by atoms with Crippen molar-refractivity contribution in [3.05, 3.63) is 59.2 Å². The van der Waals surface area contributed by atoms with Crippen LogP contribution in [-0.4, -0.2) is 38.4 Å². The molecule has 0 unspecified atom stereocenters. The first-order valence-electron chi connectivity index (χ1n) is 11.2. The van der Waals surface area contributed by atoms with Gasteiger partial charge in [0.1, 0.15) is 0 Å². The van der Waals surface area contributed by atoms with Gasteiger partial charge in [0.05, 0.1) is 11.5 Å². The van der Waals surface area contributed by atoms with Crippen molar-refractivity contribution in [2.24, 2.45) is 5.41 Å². The molecule has 1 N–H and O–H groups in total. The quantitative estimate of drug-likeness (QED) is 0.761. The molecule has 1 amide bonds. The Balaban J connectivity index is 1.60. The van der Waals surface area contributed by atoms with Crippen LogP contribution in [0, 0.1) is 19.3 Å². The van der Waals surface area contributed by atoms with Gasteiger partial charge in [0.15, 0.2) is 0 Å². The van der Waals surface area contributed by atoms with Crippen molar-refractivity contribution in [2.75, 3.05) is 26.4 Å². The summed E-state index contributed by atoms with van der Waals surface area (Å²) in [5, 5.41) is 3.21. The molecule has 0 radical (unpaired) electrons. The molecule has 2 aliphatic rings. The largest absolute Gasteiger partial charge is 0.381 e. The van der Waals surface area contributed by atoms with Gasteiger partial charge in [-0.3, -0.25) is 4.79 Å². The molecule has 1 atom stereocenters. The number of rotatable bonds is 6. The molecule has 4 nitrogen and oxygen atoms in total. The summed E-state index contributed by atoms with van der Waals surface area (Å²) in [4.78, 5) is 13.4. The molecule has 0 spiro atoms. The van der Waals surface area contributed by atoms with E-state index in [0.29, 0.717) is 19.8 Å². The third-order valence-electron chi connectivity index (χ3n) is 6.66. The van der Waals surface area contributed by atoms with E-state index in [0.717, 1.165) is 38.7 Å². The van der Waals surface area contributed by atoms with Crippen molar-refractivity contribution in [3.63, 3.8) is 0 Å². The smallest absolute Gasteiger partial charge is 0.226 e. The van der Waals surface area contributed by atoms with E-state index in [2.05, 4.69) is 61.6 Å². The Labute approximate surface area is 180 Å². The van der Waals surface area contributed by atoms with Crippen LogP contribution in [0.3, 0.4) is 0 Å². The predicted molar refractivity (Wildman–Crippen MR) is 120 cm³/mol. The summed E-state index contributed by atoms with van der Waals surface area (Å²) in [6.07, 6.45) is 4.52. The summed E-state index contributed by atoms with van der Waals surface area (Å²) in [5.74, 6) is 0.150. The Morgan fingerprint density at radius 1 is 1.07 bits per heavy atom. The van der Waals surface area contributed by atoms with Crippen molar-refractivity contribution >= 4 is 5.91 Å². The monoisotopic (exact) mass is 407 g/mol. The average Bonchev–Trinajstić information content (AvgIpc) is 3.27. The number of aryl methyl sites for hydroxylation is 2. The highest BCUT2D eigenvalue weighted by Crippen LogP contribution is 2.38. The maximum Gasteiger partial charge on any atom is 0.226 e. The van der Waals surface area contributed by atoms with E-state index in [4.69, 9.17) is 9.47 Å². The first-order valence-corrected chi connectivity index (χ1v) is 11.2. The van der Waals surface area contributed by atoms with E-state index in [9.17, 15) is 4.79 Å². The maximum absolute atomic E-state index is 13.4. The predicted octanol–water partition coefficient (Wildman–Crippen LogP) is 4.60. The van der Waals surface area contributed by atoms with Crippen LogP contribution in [0.25, 0.3) is 11.1 Å². The number of nitrogens with one attached hydrogen (secondary N) is 1. The summed E-state index contributed by atoms with van der Waals surface area (Å²) >= 11 is 0. The van der Waals surface area contributed by atoms with Crippen LogP contribution in [0.2, 0.25) is 0 Å². The lowest BCUT2D eigenvalue weighted by atomic mass is 9.73. The fourth-order valence-corrected chi connectivity index (χ4v) is 4.86. The van der Waals surface area contributed by atoms with Crippen molar-refractivity contribution in [2.45, 2.75) is 52.1 Å². The minimum Gasteiger partial charge on any atom is -0.381 e. The summed E-state index contributed by atoms with van der Waals surface area (Å²) in [6.45, 7) is 6.98. The topological polar surface area (TPSA) is 47.6 Å². The van der Waals surface area contributed by atoms with Crippen LogP contribution in [0.5, 0.6) is 0 Å². The molecule has 4 heteroatoms. The van der Waals surface area contributed by atoms with Gasteiger partial charge in [0, 0.05) is 26.4 Å². The molecular weight excluding hydrogens is 374 g/mol. The minimum absolute atomic E-state index is 0.150. The van der Waals surface area contributed by atoms with Crippen LogP contribution in [0.4, 0.5) is 0 Å². The highest BCUT2D eigenvalue weighted by molar-refractivity contribution is 5.84. The molecule has 160 valence electrons. The van der Waals surface area contributed by atoms with Gasteiger partial charge >= 0.3 is 0 Å². The molecule has 2 aliphatic heterocycles. The number of carbonyl (C=O) groups is 1. The molecule has 2 heterocycles. The fourth-order valence-electron chi connectivity index (χ4n) is 4.86. The highest BCUT2D eigenvalue weighted by atomic mass is 16.5. The number of amides is 1. The standard InChI is InChI=1S/C26H33NO3/c1-19-9-10-23(20(2)16-19)24-8-4-3-6-21(24)17-26(11-14-29-15-12-26)25(28)27-18-22-7-5-13-30-22/h3-4,6,8-10,16,22H,5,7,11-15,17-18H2,1-2H3,(H,27,28)/t22-/m0/s1. The Bertz CT molecular complexity index is 880. The summed E-state index contributed by atoms with van der Waals surface area (Å²) in [6, 6.07) is 15.1. The molecule has 2 saturated heterocycles. The molecule has 0 aromatic heterocycles. The highest BCUT2D eigenvalue weighted by Gasteiger charge is 2.40. The molecule has 30 heavy (non-hydrogen) atoms. The van der Waals surface area contributed by atoms with Crippen LogP contribution in [-0.2, 0) is 20.7 Å². The first kappa shape index (κ1) is 21.1. The van der Waals surface area contributed by atoms with Gasteiger partial charge < -0.3 is 14.8 Å². The van der Waals surface area contributed by atoms with Gasteiger partial charge in [-0.15, -0.1) is 0 Å². The van der Waals surface area contributed by atoms with Crippen LogP contribution in [0.15, 0.2) is 42.5 Å². The van der Waals surface area contributed by atoms with Gasteiger partial charge in [-0.2, -0.15) is 0 Å². The Morgan fingerprint density at radius 3 is 2.60 bits per heavy atom. The van der Waals surface area contributed by atoms with E-state index in [1.165, 1.54) is 27.8 Å². The van der Waals surface area contributed by atoms with E-state index >= 15 is 0 Å². The molecule has 0 aliphatic carbocycles. The Kier molecular flexibility index (Phi) is 6.55. The second-order valence-electron chi connectivity index (χ2n) is 8.89. The number of carbonyl (C=O) groups excluding carboxylic acids is 1. The van der Waals surface area contributed by atoms with Crippen LogP contribution in [0.1, 0.15) is 42.4 Å². The van der Waals surface area contributed by atoms with Crippen molar-refractivity contribution in [3.8, 4) is 11.1 Å². The molecular formula is C26H33NO3. The maximum atomic E-state index is 13.4. The third kappa shape index (κ3) is 4.60. The molecule has 0 bridgehead atoms. The van der Waals surface area contributed by atoms with Crippen molar-refractivity contribution in [1.29, 1.82) is 0 Å². The zero-order valence-corrected chi connectivity index (χ0v) is 18.2. The number of hydrogen-bond donors (Lipinski definition) is 1. The van der Waals surface area contributed by atoms with E-state index in [-0.39, 0.29) is 12.0 Å². The zero-order chi connectivity index (χ0) is 21.0. The van der Waals surface area contributed by atoms with E-state index in [1.807, 2.05) is 0 Å². The zero-order valence-electron chi connectivity index (χ0n) is 18.2. The van der Waals surface area contributed by atoms with Gasteiger partial charge in [0.25, 0.3) is 0 Å². The molecule has 2 aromatic carbocycles. The molecule has 0 saturated carbocycles. The fraction of sp³-hybridized carbons (Fsp3) is 0.500. The SMILES string of the molecule is Cc1ccc(-c2ccccc2CC2(C(=O)NC[C@@H]3CCCO3)CCOCC2)c(C)c1. The van der Waals surface area contributed by atoms with Crippen LogP contribution >= 0.6 is 0 Å². The lowest BCUT2D eigenvalue weighted by molar-refractivity contribution is -0.137. The Hall–Kier alpha value is -2.17. The first-order chi connectivity index (χ1) is 14.6. The normalized spacial score (nSPS) is 20.8. The van der Waals surface area contributed by atoms with Gasteiger partial charge in [0.2, 0.25) is 5.91 Å². The van der Waals surface area contributed by atoms with Gasteiger partial charge in [-0.05, 0) is 68.2 Å². The molecule has 2 aromatic rings.